The minimum absolute atomic E-state index is 0.0319. The summed E-state index contributed by atoms with van der Waals surface area (Å²) in [6.07, 6.45) is -3.08. The standard InChI is InChI=1S/C18H16F3N5/c1-11-7-8-13(9-12(11)2)23-16-10-22-26-17(25-16)24-15-6-4-3-5-14(15)18(19,20)21/h3-10H,1-2H3,(H2,23,24,25,26). The van der Waals surface area contributed by atoms with E-state index in [-0.39, 0.29) is 11.6 Å². The number of rotatable bonds is 4. The molecule has 0 fully saturated rings. The first-order chi connectivity index (χ1) is 12.3. The molecule has 0 radical (unpaired) electrons. The molecule has 5 nitrogen and oxygen atoms in total. The molecule has 0 saturated carbocycles. The van der Waals surface area contributed by atoms with Crippen molar-refractivity contribution >= 4 is 23.1 Å². The fraction of sp³-hybridized carbons (Fsp3) is 0.167. The molecule has 134 valence electrons. The molecular weight excluding hydrogens is 343 g/mol. The first-order valence-corrected chi connectivity index (χ1v) is 7.80. The molecule has 0 unspecified atom stereocenters. The number of nitrogens with one attached hydrogen (secondary N) is 2. The Bertz CT molecular complexity index is 925. The van der Waals surface area contributed by atoms with Gasteiger partial charge in [-0.3, -0.25) is 0 Å². The van der Waals surface area contributed by atoms with E-state index in [1.54, 1.807) is 0 Å². The Hall–Kier alpha value is -3.16. The van der Waals surface area contributed by atoms with Crippen molar-refractivity contribution in [3.8, 4) is 0 Å². The van der Waals surface area contributed by atoms with Gasteiger partial charge in [-0.1, -0.05) is 18.2 Å². The van der Waals surface area contributed by atoms with Gasteiger partial charge >= 0.3 is 6.18 Å². The third-order valence-electron chi connectivity index (χ3n) is 3.82. The van der Waals surface area contributed by atoms with Gasteiger partial charge in [0.05, 0.1) is 17.4 Å². The maximum absolute atomic E-state index is 13.1. The van der Waals surface area contributed by atoms with Crippen LogP contribution in [-0.2, 0) is 6.18 Å². The molecule has 3 rings (SSSR count). The number of para-hydroxylation sites is 1. The van der Waals surface area contributed by atoms with Gasteiger partial charge < -0.3 is 10.6 Å². The highest BCUT2D eigenvalue weighted by atomic mass is 19.4. The molecule has 0 saturated heterocycles. The first kappa shape index (κ1) is 17.7. The van der Waals surface area contributed by atoms with Gasteiger partial charge in [0.2, 0.25) is 5.95 Å². The Morgan fingerprint density at radius 3 is 2.42 bits per heavy atom. The fourth-order valence-electron chi connectivity index (χ4n) is 2.34. The lowest BCUT2D eigenvalue weighted by Crippen LogP contribution is -2.10. The van der Waals surface area contributed by atoms with Gasteiger partial charge in [-0.15, -0.1) is 5.10 Å². The summed E-state index contributed by atoms with van der Waals surface area (Å²) in [6.45, 7) is 3.99. The second-order valence-electron chi connectivity index (χ2n) is 5.76. The molecule has 8 heteroatoms. The van der Waals surface area contributed by atoms with E-state index in [1.165, 1.54) is 24.4 Å². The predicted octanol–water partition coefficient (Wildman–Crippen LogP) is 4.99. The van der Waals surface area contributed by atoms with Gasteiger partial charge in [0.1, 0.15) is 0 Å². The molecule has 0 aliphatic rings. The number of nitrogens with zero attached hydrogens (tertiary/aromatic N) is 3. The number of anilines is 4. The number of hydrogen-bond donors (Lipinski definition) is 2. The monoisotopic (exact) mass is 359 g/mol. The second-order valence-corrected chi connectivity index (χ2v) is 5.76. The minimum Gasteiger partial charge on any atom is -0.339 e. The average Bonchev–Trinajstić information content (AvgIpc) is 2.58. The van der Waals surface area contributed by atoms with E-state index >= 15 is 0 Å². The summed E-state index contributed by atoms with van der Waals surface area (Å²) >= 11 is 0. The summed E-state index contributed by atoms with van der Waals surface area (Å²) in [7, 11) is 0. The minimum atomic E-state index is -4.48. The summed E-state index contributed by atoms with van der Waals surface area (Å²) < 4.78 is 39.2. The van der Waals surface area contributed by atoms with Gasteiger partial charge in [0.25, 0.3) is 0 Å². The number of aromatic nitrogens is 3. The highest BCUT2D eigenvalue weighted by Crippen LogP contribution is 2.35. The number of benzene rings is 2. The molecule has 0 spiro atoms. The van der Waals surface area contributed by atoms with E-state index in [4.69, 9.17) is 0 Å². The molecule has 2 aromatic carbocycles. The number of hydrogen-bond acceptors (Lipinski definition) is 5. The van der Waals surface area contributed by atoms with E-state index < -0.39 is 11.7 Å². The smallest absolute Gasteiger partial charge is 0.339 e. The summed E-state index contributed by atoms with van der Waals surface area (Å²) in [5, 5.41) is 13.2. The van der Waals surface area contributed by atoms with Gasteiger partial charge in [-0.2, -0.15) is 23.3 Å². The number of aryl methyl sites for hydroxylation is 2. The maximum atomic E-state index is 13.1. The molecular formula is C18H16F3N5. The predicted molar refractivity (Wildman–Crippen MR) is 93.8 cm³/mol. The van der Waals surface area contributed by atoms with E-state index in [0.717, 1.165) is 22.9 Å². The van der Waals surface area contributed by atoms with Crippen LogP contribution in [0.2, 0.25) is 0 Å². The molecule has 2 N–H and O–H groups in total. The Kier molecular flexibility index (Phi) is 4.75. The zero-order valence-corrected chi connectivity index (χ0v) is 14.1. The van der Waals surface area contributed by atoms with Crippen LogP contribution in [0.25, 0.3) is 0 Å². The Morgan fingerprint density at radius 2 is 1.69 bits per heavy atom. The van der Waals surface area contributed by atoms with Crippen molar-refractivity contribution in [3.63, 3.8) is 0 Å². The van der Waals surface area contributed by atoms with E-state index in [0.29, 0.717) is 5.82 Å². The average molecular weight is 359 g/mol. The van der Waals surface area contributed by atoms with Crippen LogP contribution in [-0.4, -0.2) is 15.2 Å². The zero-order valence-electron chi connectivity index (χ0n) is 14.1. The Morgan fingerprint density at radius 1 is 0.923 bits per heavy atom. The van der Waals surface area contributed by atoms with Crippen LogP contribution < -0.4 is 10.6 Å². The normalized spacial score (nSPS) is 11.3. The van der Waals surface area contributed by atoms with Crippen LogP contribution in [0, 0.1) is 13.8 Å². The van der Waals surface area contributed by atoms with Crippen molar-refractivity contribution in [1.29, 1.82) is 0 Å². The van der Waals surface area contributed by atoms with E-state index in [9.17, 15) is 13.2 Å². The summed E-state index contributed by atoms with van der Waals surface area (Å²) in [4.78, 5) is 4.18. The molecule has 26 heavy (non-hydrogen) atoms. The van der Waals surface area contributed by atoms with Crippen molar-refractivity contribution in [1.82, 2.24) is 15.2 Å². The second kappa shape index (κ2) is 6.99. The van der Waals surface area contributed by atoms with E-state index in [1.807, 2.05) is 32.0 Å². The number of halogens is 3. The lowest BCUT2D eigenvalue weighted by atomic mass is 10.1. The molecule has 3 aromatic rings. The van der Waals surface area contributed by atoms with Crippen molar-refractivity contribution < 1.29 is 13.2 Å². The highest BCUT2D eigenvalue weighted by molar-refractivity contribution is 5.62. The molecule has 0 aliphatic heterocycles. The summed E-state index contributed by atoms with van der Waals surface area (Å²) in [6, 6.07) is 10.9. The Labute approximate surface area is 148 Å². The first-order valence-electron chi connectivity index (χ1n) is 7.80. The van der Waals surface area contributed by atoms with Crippen LogP contribution in [0.1, 0.15) is 16.7 Å². The van der Waals surface area contributed by atoms with Crippen molar-refractivity contribution in [2.75, 3.05) is 10.6 Å². The quantitative estimate of drug-likeness (QED) is 0.687. The third kappa shape index (κ3) is 4.08. The molecule has 0 amide bonds. The van der Waals surface area contributed by atoms with Crippen LogP contribution in [0.15, 0.2) is 48.7 Å². The van der Waals surface area contributed by atoms with Crippen molar-refractivity contribution in [2.45, 2.75) is 20.0 Å². The van der Waals surface area contributed by atoms with Crippen LogP contribution in [0.3, 0.4) is 0 Å². The maximum Gasteiger partial charge on any atom is 0.418 e. The van der Waals surface area contributed by atoms with Gasteiger partial charge in [0.15, 0.2) is 5.82 Å². The molecule has 0 bridgehead atoms. The fourth-order valence-corrected chi connectivity index (χ4v) is 2.34. The summed E-state index contributed by atoms with van der Waals surface area (Å²) in [5.41, 5.74) is 2.13. The topological polar surface area (TPSA) is 62.7 Å². The third-order valence-corrected chi connectivity index (χ3v) is 3.82. The highest BCUT2D eigenvalue weighted by Gasteiger charge is 2.33. The van der Waals surface area contributed by atoms with Crippen molar-refractivity contribution in [2.24, 2.45) is 0 Å². The number of alkyl halides is 3. The van der Waals surface area contributed by atoms with E-state index in [2.05, 4.69) is 25.8 Å². The SMILES string of the molecule is Cc1ccc(Nc2cnnc(Nc3ccccc3C(F)(F)F)n2)cc1C. The molecule has 0 atom stereocenters. The molecule has 1 heterocycles. The van der Waals surface area contributed by atoms with Crippen molar-refractivity contribution in [3.05, 3.63) is 65.4 Å². The molecule has 1 aromatic heterocycles. The molecule has 0 aliphatic carbocycles. The van der Waals surface area contributed by atoms with Gasteiger partial charge in [-0.25, -0.2) is 0 Å². The largest absolute Gasteiger partial charge is 0.418 e. The van der Waals surface area contributed by atoms with Crippen LogP contribution in [0.5, 0.6) is 0 Å². The lowest BCUT2D eigenvalue weighted by Gasteiger charge is -2.13. The Balaban J connectivity index is 1.83. The zero-order chi connectivity index (χ0) is 18.7. The van der Waals surface area contributed by atoms with Crippen LogP contribution in [0.4, 0.5) is 36.3 Å². The lowest BCUT2D eigenvalue weighted by molar-refractivity contribution is -0.136. The van der Waals surface area contributed by atoms with Gasteiger partial charge in [0, 0.05) is 5.69 Å². The van der Waals surface area contributed by atoms with Gasteiger partial charge in [-0.05, 0) is 49.2 Å². The van der Waals surface area contributed by atoms with Crippen LogP contribution >= 0.6 is 0 Å². The summed E-state index contributed by atoms with van der Waals surface area (Å²) in [5.74, 6) is 0.339.